The van der Waals surface area contributed by atoms with Crippen LogP contribution in [0, 0.1) is 0 Å². The first-order valence-corrected chi connectivity index (χ1v) is 7.44. The minimum Gasteiger partial charge on any atom is -0.372 e. The lowest BCUT2D eigenvalue weighted by atomic mass is 10.5. The number of rotatable bonds is 6. The van der Waals surface area contributed by atoms with Crippen LogP contribution in [0.1, 0.15) is 0 Å². The quantitative estimate of drug-likeness (QED) is 0.624. The van der Waals surface area contributed by atoms with E-state index < -0.39 is 10.0 Å². The van der Waals surface area contributed by atoms with E-state index in [-0.39, 0.29) is 29.8 Å². The molecule has 1 rings (SSSR count). The molecule has 0 aliphatic rings. The molecule has 0 bridgehead atoms. The maximum absolute atomic E-state index is 12.1. The van der Waals surface area contributed by atoms with Crippen LogP contribution in [0.5, 0.6) is 0 Å². The van der Waals surface area contributed by atoms with E-state index in [9.17, 15) is 13.2 Å². The molecule has 0 unspecified atom stereocenters. The Morgan fingerprint density at radius 2 is 2.05 bits per heavy atom. The highest BCUT2D eigenvalue weighted by molar-refractivity contribution is 7.89. The molecule has 0 aromatic carbocycles. The van der Waals surface area contributed by atoms with Crippen molar-refractivity contribution < 1.29 is 13.2 Å². The van der Waals surface area contributed by atoms with Gasteiger partial charge in [0.25, 0.3) is 0 Å². The molecule has 20 heavy (non-hydrogen) atoms. The van der Waals surface area contributed by atoms with Crippen molar-refractivity contribution in [2.45, 2.75) is 4.90 Å². The third kappa shape index (κ3) is 4.35. The topological polar surface area (TPSA) is 103 Å². The Morgan fingerprint density at radius 3 is 2.65 bits per heavy atom. The number of sulfonamides is 1. The molecule has 0 atom stereocenters. The summed E-state index contributed by atoms with van der Waals surface area (Å²) in [5.74, 6) is 0.275. The van der Waals surface area contributed by atoms with Gasteiger partial charge in [0.2, 0.25) is 10.0 Å². The number of carbonyl (C=O) groups excluding carboxylic acids is 1. The zero-order valence-corrected chi connectivity index (χ0v) is 12.5. The first-order valence-electron chi connectivity index (χ1n) is 5.96. The van der Waals surface area contributed by atoms with Crippen LogP contribution in [0.4, 0.5) is 10.6 Å². The van der Waals surface area contributed by atoms with Gasteiger partial charge in [-0.1, -0.05) is 0 Å². The molecule has 8 nitrogen and oxygen atoms in total. The number of urea groups is 1. The number of aromatic nitrogens is 1. The molecular weight excluding hydrogens is 282 g/mol. The van der Waals surface area contributed by atoms with Crippen molar-refractivity contribution >= 4 is 21.9 Å². The van der Waals surface area contributed by atoms with Gasteiger partial charge in [0.15, 0.2) is 0 Å². The van der Waals surface area contributed by atoms with Crippen molar-refractivity contribution in [3.8, 4) is 0 Å². The third-order valence-electron chi connectivity index (χ3n) is 2.40. The van der Waals surface area contributed by atoms with Gasteiger partial charge in [-0.3, -0.25) is 0 Å². The SMILES string of the molecule is CNc1ncccc1S(=O)(=O)NCCNC(=O)N(C)C. The molecule has 1 aromatic rings. The summed E-state index contributed by atoms with van der Waals surface area (Å²) in [6, 6.07) is 2.73. The van der Waals surface area contributed by atoms with Gasteiger partial charge in [-0.15, -0.1) is 0 Å². The van der Waals surface area contributed by atoms with Gasteiger partial charge in [0.1, 0.15) is 10.7 Å². The van der Waals surface area contributed by atoms with E-state index >= 15 is 0 Å². The standard InChI is InChI=1S/C11H19N5O3S/c1-12-10-9(5-4-6-13-10)20(18,19)15-8-7-14-11(17)16(2)3/h4-6,15H,7-8H2,1-3H3,(H,12,13)(H,14,17). The molecule has 0 aliphatic carbocycles. The van der Waals surface area contributed by atoms with Gasteiger partial charge in [-0.2, -0.15) is 0 Å². The Labute approximate surface area is 118 Å². The summed E-state index contributed by atoms with van der Waals surface area (Å²) in [7, 11) is 1.15. The second-order valence-electron chi connectivity index (χ2n) is 4.12. The minimum absolute atomic E-state index is 0.0708. The van der Waals surface area contributed by atoms with Crippen LogP contribution >= 0.6 is 0 Å². The van der Waals surface area contributed by atoms with Crippen LogP contribution in [0.15, 0.2) is 23.2 Å². The molecule has 2 amide bonds. The Kier molecular flexibility index (Phi) is 5.71. The van der Waals surface area contributed by atoms with Crippen molar-refractivity contribution in [2.75, 3.05) is 39.5 Å². The van der Waals surface area contributed by atoms with Crippen LogP contribution in [0.2, 0.25) is 0 Å². The monoisotopic (exact) mass is 301 g/mol. The van der Waals surface area contributed by atoms with Crippen molar-refractivity contribution in [1.82, 2.24) is 19.9 Å². The third-order valence-corrected chi connectivity index (χ3v) is 3.89. The summed E-state index contributed by atoms with van der Waals surface area (Å²) in [6.07, 6.45) is 1.50. The summed E-state index contributed by atoms with van der Waals surface area (Å²) in [6.45, 7) is 0.297. The van der Waals surface area contributed by atoms with Crippen LogP contribution < -0.4 is 15.4 Å². The predicted octanol–water partition coefficient (Wildman–Crippen LogP) is -0.327. The van der Waals surface area contributed by atoms with Gasteiger partial charge in [-0.05, 0) is 12.1 Å². The second kappa shape index (κ2) is 7.06. The highest BCUT2D eigenvalue weighted by Crippen LogP contribution is 2.16. The van der Waals surface area contributed by atoms with Crippen LogP contribution in [-0.2, 0) is 10.0 Å². The smallest absolute Gasteiger partial charge is 0.316 e. The van der Waals surface area contributed by atoms with Gasteiger partial charge in [-0.25, -0.2) is 22.9 Å². The average molecular weight is 301 g/mol. The second-order valence-corrected chi connectivity index (χ2v) is 5.86. The highest BCUT2D eigenvalue weighted by atomic mass is 32.2. The molecule has 0 saturated heterocycles. The van der Waals surface area contributed by atoms with Crippen LogP contribution in [0.25, 0.3) is 0 Å². The summed E-state index contributed by atoms with van der Waals surface area (Å²) in [5.41, 5.74) is 0. The van der Waals surface area contributed by atoms with E-state index in [4.69, 9.17) is 0 Å². The van der Waals surface area contributed by atoms with E-state index in [1.165, 1.54) is 17.2 Å². The molecule has 0 fully saturated rings. The minimum atomic E-state index is -3.66. The van der Waals surface area contributed by atoms with Gasteiger partial charge >= 0.3 is 6.03 Å². The molecule has 9 heteroatoms. The Bertz CT molecular complexity index is 559. The number of carbonyl (C=O) groups is 1. The molecule has 3 N–H and O–H groups in total. The van der Waals surface area contributed by atoms with Gasteiger partial charge in [0.05, 0.1) is 0 Å². The average Bonchev–Trinajstić information content (AvgIpc) is 2.43. The molecule has 1 heterocycles. The summed E-state index contributed by atoms with van der Waals surface area (Å²) in [5, 5.41) is 5.28. The van der Waals surface area contributed by atoms with E-state index in [1.54, 1.807) is 27.2 Å². The molecule has 0 saturated carbocycles. The first kappa shape index (κ1) is 16.2. The maximum Gasteiger partial charge on any atom is 0.316 e. The summed E-state index contributed by atoms with van der Waals surface area (Å²) in [4.78, 5) is 16.6. The first-order chi connectivity index (χ1) is 9.38. The van der Waals surface area contributed by atoms with Crippen molar-refractivity contribution in [3.63, 3.8) is 0 Å². The molecule has 0 aliphatic heterocycles. The fourth-order valence-corrected chi connectivity index (χ4v) is 2.58. The van der Waals surface area contributed by atoms with E-state index in [0.717, 1.165) is 0 Å². The number of pyridine rings is 1. The fraction of sp³-hybridized carbons (Fsp3) is 0.455. The molecule has 0 spiro atoms. The van der Waals surface area contributed by atoms with Crippen LogP contribution in [0.3, 0.4) is 0 Å². The maximum atomic E-state index is 12.1. The van der Waals surface area contributed by atoms with Gasteiger partial charge in [0, 0.05) is 40.4 Å². The number of anilines is 1. The molecule has 112 valence electrons. The fourth-order valence-electron chi connectivity index (χ4n) is 1.39. The molecule has 1 aromatic heterocycles. The lowest BCUT2D eigenvalue weighted by Crippen LogP contribution is -2.39. The Balaban J connectivity index is 2.60. The lowest BCUT2D eigenvalue weighted by molar-refractivity contribution is 0.217. The molecular formula is C11H19N5O3S. The number of amides is 2. The summed E-state index contributed by atoms with van der Waals surface area (Å²) >= 11 is 0. The molecule has 0 radical (unpaired) electrons. The largest absolute Gasteiger partial charge is 0.372 e. The normalized spacial score (nSPS) is 10.9. The van der Waals surface area contributed by atoms with Crippen molar-refractivity contribution in [1.29, 1.82) is 0 Å². The van der Waals surface area contributed by atoms with E-state index in [2.05, 4.69) is 20.3 Å². The van der Waals surface area contributed by atoms with E-state index in [0.29, 0.717) is 0 Å². The summed E-state index contributed by atoms with van der Waals surface area (Å²) < 4.78 is 26.6. The highest BCUT2D eigenvalue weighted by Gasteiger charge is 2.18. The Morgan fingerprint density at radius 1 is 1.35 bits per heavy atom. The van der Waals surface area contributed by atoms with Crippen molar-refractivity contribution in [3.05, 3.63) is 18.3 Å². The predicted molar refractivity (Wildman–Crippen MR) is 76.1 cm³/mol. The zero-order chi connectivity index (χ0) is 15.2. The number of nitrogens with zero attached hydrogens (tertiary/aromatic N) is 2. The number of hydrogen-bond donors (Lipinski definition) is 3. The van der Waals surface area contributed by atoms with Crippen LogP contribution in [-0.4, -0.2) is 58.6 Å². The zero-order valence-electron chi connectivity index (χ0n) is 11.7. The van der Waals surface area contributed by atoms with E-state index in [1.807, 2.05) is 0 Å². The number of nitrogens with one attached hydrogen (secondary N) is 3. The van der Waals surface area contributed by atoms with Gasteiger partial charge < -0.3 is 15.5 Å². The van der Waals surface area contributed by atoms with Crippen molar-refractivity contribution in [2.24, 2.45) is 0 Å². The lowest BCUT2D eigenvalue weighted by Gasteiger charge is -2.13. The Hall–Kier alpha value is -1.87. The number of hydrogen-bond acceptors (Lipinski definition) is 5.